The summed E-state index contributed by atoms with van der Waals surface area (Å²) in [6, 6.07) is 14.3. The van der Waals surface area contributed by atoms with Crippen LogP contribution in [-0.2, 0) is 21.4 Å². The van der Waals surface area contributed by atoms with Gasteiger partial charge in [0.1, 0.15) is 16.5 Å². The van der Waals surface area contributed by atoms with E-state index < -0.39 is 10.0 Å². The smallest absolute Gasteiger partial charge is 0.285 e. The van der Waals surface area contributed by atoms with E-state index in [2.05, 4.69) is 9.71 Å². The van der Waals surface area contributed by atoms with E-state index in [-0.39, 0.29) is 16.7 Å². The van der Waals surface area contributed by atoms with E-state index in [0.717, 1.165) is 5.56 Å². The molecule has 174 valence electrons. The van der Waals surface area contributed by atoms with Crippen LogP contribution in [0.3, 0.4) is 0 Å². The summed E-state index contributed by atoms with van der Waals surface area (Å²) in [7, 11) is -2.22. The number of sulfonamides is 1. The minimum absolute atomic E-state index is 0.0109. The van der Waals surface area contributed by atoms with Gasteiger partial charge in [0, 0.05) is 36.1 Å². The SMILES string of the molecule is COc1ccc(C2=C(C)C(N3CCC(C(=O)NCc4ccc(Cl)cc4)CC3)=NS2(=O)=O)cc1. The minimum Gasteiger partial charge on any atom is -0.497 e. The second kappa shape index (κ2) is 9.57. The summed E-state index contributed by atoms with van der Waals surface area (Å²) in [4.78, 5) is 14.8. The summed E-state index contributed by atoms with van der Waals surface area (Å²) in [6.45, 7) is 3.38. The zero-order valence-corrected chi connectivity index (χ0v) is 20.1. The van der Waals surface area contributed by atoms with Gasteiger partial charge >= 0.3 is 0 Å². The number of hydrogen-bond acceptors (Lipinski definition) is 5. The van der Waals surface area contributed by atoms with Gasteiger partial charge in [-0.15, -0.1) is 4.40 Å². The van der Waals surface area contributed by atoms with Gasteiger partial charge in [-0.2, -0.15) is 8.42 Å². The van der Waals surface area contributed by atoms with Gasteiger partial charge in [0.15, 0.2) is 0 Å². The molecular formula is C24H26ClN3O4S. The molecule has 0 spiro atoms. The van der Waals surface area contributed by atoms with E-state index >= 15 is 0 Å². The minimum atomic E-state index is -3.78. The molecule has 9 heteroatoms. The maximum atomic E-state index is 12.8. The van der Waals surface area contributed by atoms with Gasteiger partial charge in [-0.3, -0.25) is 4.79 Å². The normalized spacial score (nSPS) is 18.3. The monoisotopic (exact) mass is 487 g/mol. The van der Waals surface area contributed by atoms with Crippen molar-refractivity contribution in [2.75, 3.05) is 20.2 Å². The number of carbonyl (C=O) groups is 1. The molecule has 7 nitrogen and oxygen atoms in total. The predicted molar refractivity (Wildman–Crippen MR) is 130 cm³/mol. The Morgan fingerprint density at radius 2 is 1.76 bits per heavy atom. The van der Waals surface area contributed by atoms with Gasteiger partial charge in [-0.1, -0.05) is 23.7 Å². The molecule has 0 saturated carbocycles. The van der Waals surface area contributed by atoms with E-state index in [0.29, 0.717) is 60.2 Å². The van der Waals surface area contributed by atoms with Gasteiger partial charge in [-0.05, 0) is 67.3 Å². The van der Waals surface area contributed by atoms with Crippen molar-refractivity contribution in [2.24, 2.45) is 10.3 Å². The number of amides is 1. The lowest BCUT2D eigenvalue weighted by Crippen LogP contribution is -2.43. The number of halogens is 1. The highest BCUT2D eigenvalue weighted by Gasteiger charge is 2.35. The van der Waals surface area contributed by atoms with E-state index in [1.54, 1.807) is 50.4 Å². The van der Waals surface area contributed by atoms with Crippen LogP contribution in [0.1, 0.15) is 30.9 Å². The number of ether oxygens (including phenoxy) is 1. The first kappa shape index (κ1) is 23.3. The molecule has 0 atom stereocenters. The van der Waals surface area contributed by atoms with Crippen LogP contribution in [-0.4, -0.2) is 45.3 Å². The first-order valence-corrected chi connectivity index (χ1v) is 12.6. The third kappa shape index (κ3) is 5.07. The number of carbonyl (C=O) groups excluding carboxylic acids is 1. The highest BCUT2D eigenvalue weighted by Crippen LogP contribution is 2.35. The summed E-state index contributed by atoms with van der Waals surface area (Å²) < 4.78 is 34.9. The molecule has 2 aromatic carbocycles. The Kier molecular flexibility index (Phi) is 6.76. The number of piperidine rings is 1. The second-order valence-electron chi connectivity index (χ2n) is 8.18. The van der Waals surface area contributed by atoms with E-state index in [1.807, 2.05) is 17.0 Å². The third-order valence-corrected chi connectivity index (χ3v) is 7.76. The zero-order valence-electron chi connectivity index (χ0n) is 18.5. The molecule has 1 amide bonds. The quantitative estimate of drug-likeness (QED) is 0.692. The lowest BCUT2D eigenvalue weighted by atomic mass is 9.95. The largest absolute Gasteiger partial charge is 0.497 e. The molecule has 0 aromatic heterocycles. The van der Waals surface area contributed by atoms with Crippen molar-refractivity contribution in [3.05, 3.63) is 70.3 Å². The van der Waals surface area contributed by atoms with Crippen LogP contribution in [0.4, 0.5) is 0 Å². The number of nitrogens with zero attached hydrogens (tertiary/aromatic N) is 2. The number of rotatable bonds is 5. The number of nitrogens with one attached hydrogen (secondary N) is 1. The molecule has 1 fully saturated rings. The summed E-state index contributed by atoms with van der Waals surface area (Å²) in [5, 5.41) is 3.65. The molecule has 33 heavy (non-hydrogen) atoms. The molecule has 0 aliphatic carbocycles. The Labute approximate surface area is 199 Å². The summed E-state index contributed by atoms with van der Waals surface area (Å²) >= 11 is 5.90. The van der Waals surface area contributed by atoms with Crippen molar-refractivity contribution in [1.29, 1.82) is 0 Å². The lowest BCUT2D eigenvalue weighted by Gasteiger charge is -2.32. The molecular weight excluding hydrogens is 462 g/mol. The van der Waals surface area contributed by atoms with Crippen molar-refractivity contribution in [2.45, 2.75) is 26.3 Å². The standard InChI is InChI=1S/C24H26ClN3O4S/c1-16-22(18-5-9-21(32-2)10-6-18)33(30,31)27-23(16)28-13-11-19(12-14-28)24(29)26-15-17-3-7-20(25)8-4-17/h3-10,19H,11-15H2,1-2H3,(H,26,29). The van der Waals surface area contributed by atoms with Crippen LogP contribution in [0.25, 0.3) is 4.91 Å². The Morgan fingerprint density at radius 1 is 1.12 bits per heavy atom. The maximum Gasteiger partial charge on any atom is 0.285 e. The molecule has 0 bridgehead atoms. The lowest BCUT2D eigenvalue weighted by molar-refractivity contribution is -0.126. The van der Waals surface area contributed by atoms with Gasteiger partial charge in [0.25, 0.3) is 10.0 Å². The number of likely N-dealkylation sites (tertiary alicyclic amines) is 1. The molecule has 2 aliphatic rings. The van der Waals surface area contributed by atoms with Crippen LogP contribution >= 0.6 is 11.6 Å². The van der Waals surface area contributed by atoms with Crippen LogP contribution in [0.15, 0.2) is 58.5 Å². The first-order valence-electron chi connectivity index (χ1n) is 10.8. The van der Waals surface area contributed by atoms with Gasteiger partial charge in [-0.25, -0.2) is 0 Å². The van der Waals surface area contributed by atoms with Crippen molar-refractivity contribution < 1.29 is 17.9 Å². The van der Waals surface area contributed by atoms with Crippen molar-refractivity contribution in [1.82, 2.24) is 10.2 Å². The van der Waals surface area contributed by atoms with E-state index in [1.165, 1.54) is 0 Å². The van der Waals surface area contributed by atoms with Crippen molar-refractivity contribution in [3.8, 4) is 5.75 Å². The Bertz CT molecular complexity index is 1200. The molecule has 1 saturated heterocycles. The number of amidine groups is 1. The Morgan fingerprint density at radius 3 is 2.36 bits per heavy atom. The van der Waals surface area contributed by atoms with Crippen LogP contribution in [0.2, 0.25) is 5.02 Å². The maximum absolute atomic E-state index is 12.8. The topological polar surface area (TPSA) is 88.1 Å². The molecule has 1 N–H and O–H groups in total. The van der Waals surface area contributed by atoms with Crippen LogP contribution < -0.4 is 10.1 Å². The van der Waals surface area contributed by atoms with Gasteiger partial charge < -0.3 is 15.0 Å². The predicted octanol–water partition coefficient (Wildman–Crippen LogP) is 3.85. The summed E-state index contributed by atoms with van der Waals surface area (Å²) in [5.41, 5.74) is 2.21. The molecule has 0 radical (unpaired) electrons. The average molecular weight is 488 g/mol. The summed E-state index contributed by atoms with van der Waals surface area (Å²) in [5.74, 6) is 1.03. The number of benzene rings is 2. The fourth-order valence-corrected chi connectivity index (χ4v) is 5.82. The third-order valence-electron chi connectivity index (χ3n) is 6.04. The first-order chi connectivity index (χ1) is 15.8. The fraction of sp³-hybridized carbons (Fsp3) is 0.333. The van der Waals surface area contributed by atoms with E-state index in [9.17, 15) is 13.2 Å². The summed E-state index contributed by atoms with van der Waals surface area (Å²) in [6.07, 6.45) is 1.27. The zero-order chi connectivity index (χ0) is 23.6. The van der Waals surface area contributed by atoms with Gasteiger partial charge in [0.05, 0.1) is 7.11 Å². The van der Waals surface area contributed by atoms with Gasteiger partial charge in [0.2, 0.25) is 5.91 Å². The highest BCUT2D eigenvalue weighted by molar-refractivity contribution is 8.00. The van der Waals surface area contributed by atoms with Crippen molar-refractivity contribution in [3.63, 3.8) is 0 Å². The molecule has 0 unspecified atom stereocenters. The van der Waals surface area contributed by atoms with Crippen LogP contribution in [0.5, 0.6) is 5.75 Å². The number of hydrogen-bond donors (Lipinski definition) is 1. The van der Waals surface area contributed by atoms with Crippen LogP contribution in [0, 0.1) is 5.92 Å². The fourth-order valence-electron chi connectivity index (χ4n) is 4.21. The number of methoxy groups -OCH3 is 1. The van der Waals surface area contributed by atoms with Crippen molar-refractivity contribution >= 4 is 38.3 Å². The Hall–Kier alpha value is -2.84. The Balaban J connectivity index is 1.40. The molecule has 2 aliphatic heterocycles. The molecule has 2 heterocycles. The molecule has 4 rings (SSSR count). The average Bonchev–Trinajstić information content (AvgIpc) is 3.07. The molecule has 2 aromatic rings. The second-order valence-corrected chi connectivity index (χ2v) is 10.2. The highest BCUT2D eigenvalue weighted by atomic mass is 35.5. The van der Waals surface area contributed by atoms with E-state index in [4.69, 9.17) is 16.3 Å².